The highest BCUT2D eigenvalue weighted by Gasteiger charge is 2.49. The van der Waals surface area contributed by atoms with Gasteiger partial charge >= 0.3 is 6.03 Å². The molecule has 0 aromatic heterocycles. The Kier molecular flexibility index (Phi) is 4.87. The van der Waals surface area contributed by atoms with E-state index in [0.29, 0.717) is 6.67 Å². The molecule has 2 aliphatic heterocycles. The number of benzene rings is 3. The predicted molar refractivity (Wildman–Crippen MR) is 122 cm³/mol. The lowest BCUT2D eigenvalue weighted by Crippen LogP contribution is -2.51. The Morgan fingerprint density at radius 1 is 0.839 bits per heavy atom. The van der Waals surface area contributed by atoms with Gasteiger partial charge in [-0.3, -0.25) is 9.69 Å². The molecule has 0 spiro atoms. The fourth-order valence-electron chi connectivity index (χ4n) is 4.51. The number of carbonyl (C=O) groups excluding carboxylic acids is 2. The van der Waals surface area contributed by atoms with Crippen molar-refractivity contribution in [2.45, 2.75) is 12.5 Å². The zero-order chi connectivity index (χ0) is 21.4. The van der Waals surface area contributed by atoms with Crippen molar-refractivity contribution < 1.29 is 9.59 Å². The molecule has 0 bridgehead atoms. The minimum Gasteiger partial charge on any atom is -0.369 e. The van der Waals surface area contributed by atoms with Crippen LogP contribution in [-0.2, 0) is 10.3 Å². The van der Waals surface area contributed by atoms with Crippen LogP contribution >= 0.6 is 0 Å². The van der Waals surface area contributed by atoms with Crippen molar-refractivity contribution in [3.63, 3.8) is 0 Å². The van der Waals surface area contributed by atoms with Crippen LogP contribution in [0, 0.1) is 0 Å². The van der Waals surface area contributed by atoms with Gasteiger partial charge in [-0.1, -0.05) is 54.6 Å². The molecule has 0 unspecified atom stereocenters. The molecule has 6 heteroatoms. The van der Waals surface area contributed by atoms with Crippen LogP contribution in [0.5, 0.6) is 0 Å². The molecule has 2 saturated heterocycles. The molecule has 2 aliphatic rings. The molecule has 0 radical (unpaired) electrons. The fourth-order valence-corrected chi connectivity index (χ4v) is 4.51. The van der Waals surface area contributed by atoms with Crippen molar-refractivity contribution in [3.8, 4) is 0 Å². The second-order valence-electron chi connectivity index (χ2n) is 8.43. The lowest BCUT2D eigenvalue weighted by molar-refractivity contribution is -0.132. The highest BCUT2D eigenvalue weighted by Crippen LogP contribution is 2.31. The molecular formula is C25H26N4O2. The number of nitrogens with zero attached hydrogens (tertiary/aromatic N) is 3. The molecule has 1 N–H and O–H groups in total. The lowest BCUT2D eigenvalue weighted by atomic mass is 9.90. The quantitative estimate of drug-likeness (QED) is 0.665. The average Bonchev–Trinajstić information content (AvgIpc) is 3.03. The van der Waals surface area contributed by atoms with Crippen LogP contribution in [0.4, 0.5) is 10.5 Å². The summed E-state index contributed by atoms with van der Waals surface area (Å²) in [6.07, 6.45) is 0. The number of imide groups is 1. The average molecular weight is 415 g/mol. The molecule has 3 aromatic carbocycles. The van der Waals surface area contributed by atoms with Crippen molar-refractivity contribution in [2.24, 2.45) is 0 Å². The molecule has 3 aromatic rings. The second kappa shape index (κ2) is 7.71. The van der Waals surface area contributed by atoms with Gasteiger partial charge in [0.15, 0.2) is 0 Å². The summed E-state index contributed by atoms with van der Waals surface area (Å²) >= 11 is 0. The summed E-state index contributed by atoms with van der Waals surface area (Å²) in [7, 11) is 0. The zero-order valence-electron chi connectivity index (χ0n) is 17.6. The van der Waals surface area contributed by atoms with Crippen LogP contribution in [0.25, 0.3) is 10.8 Å². The molecule has 31 heavy (non-hydrogen) atoms. The fraction of sp³-hybridized carbons (Fsp3) is 0.280. The van der Waals surface area contributed by atoms with Gasteiger partial charge in [-0.2, -0.15) is 0 Å². The van der Waals surface area contributed by atoms with E-state index in [-0.39, 0.29) is 11.9 Å². The molecule has 3 amide bonds. The third-order valence-corrected chi connectivity index (χ3v) is 6.44. The van der Waals surface area contributed by atoms with Gasteiger partial charge in [-0.15, -0.1) is 0 Å². The van der Waals surface area contributed by atoms with Gasteiger partial charge in [0.1, 0.15) is 5.54 Å². The van der Waals surface area contributed by atoms with E-state index in [1.807, 2.05) is 60.7 Å². The first kappa shape index (κ1) is 19.6. The smallest absolute Gasteiger partial charge is 0.326 e. The normalized spacial score (nSPS) is 22.2. The van der Waals surface area contributed by atoms with Crippen LogP contribution < -0.4 is 10.2 Å². The monoisotopic (exact) mass is 414 g/mol. The summed E-state index contributed by atoms with van der Waals surface area (Å²) in [5.41, 5.74) is 0.967. The molecule has 6 nitrogen and oxygen atoms in total. The summed E-state index contributed by atoms with van der Waals surface area (Å²) in [5, 5.41) is 5.10. The van der Waals surface area contributed by atoms with Gasteiger partial charge in [0.2, 0.25) is 0 Å². The van der Waals surface area contributed by atoms with E-state index in [4.69, 9.17) is 0 Å². The number of hydrogen-bond acceptors (Lipinski definition) is 4. The highest BCUT2D eigenvalue weighted by atomic mass is 16.2. The molecule has 0 saturated carbocycles. The summed E-state index contributed by atoms with van der Waals surface area (Å²) < 4.78 is 0. The highest BCUT2D eigenvalue weighted by molar-refractivity contribution is 6.07. The van der Waals surface area contributed by atoms with E-state index in [1.54, 1.807) is 6.92 Å². The summed E-state index contributed by atoms with van der Waals surface area (Å²) in [5.74, 6) is -0.196. The molecule has 158 valence electrons. The number of piperazine rings is 1. The molecule has 0 aliphatic carbocycles. The Balaban J connectivity index is 1.29. The maximum atomic E-state index is 13.3. The van der Waals surface area contributed by atoms with Gasteiger partial charge in [0.25, 0.3) is 5.91 Å². The van der Waals surface area contributed by atoms with E-state index < -0.39 is 5.54 Å². The van der Waals surface area contributed by atoms with Crippen molar-refractivity contribution >= 4 is 28.4 Å². The molecular weight excluding hydrogens is 388 g/mol. The number of amides is 3. The number of fused-ring (bicyclic) bond motifs is 1. The van der Waals surface area contributed by atoms with Crippen LogP contribution in [0.15, 0.2) is 72.8 Å². The summed E-state index contributed by atoms with van der Waals surface area (Å²) in [6, 6.07) is 24.0. The van der Waals surface area contributed by atoms with Crippen molar-refractivity contribution in [3.05, 3.63) is 78.4 Å². The van der Waals surface area contributed by atoms with Gasteiger partial charge in [0, 0.05) is 31.9 Å². The van der Waals surface area contributed by atoms with Gasteiger partial charge in [-0.05, 0) is 41.5 Å². The SMILES string of the molecule is C[C@]1(c2ccc3ccccc3c2)NC(=O)N(CN2CCN(c3ccccc3)CC2)C1=O. The first-order chi connectivity index (χ1) is 15.0. The first-order valence-corrected chi connectivity index (χ1v) is 10.7. The number of hydrogen-bond donors (Lipinski definition) is 1. The Hall–Kier alpha value is -3.38. The van der Waals surface area contributed by atoms with Crippen molar-refractivity contribution in [1.29, 1.82) is 0 Å². The molecule has 5 rings (SSSR count). The lowest BCUT2D eigenvalue weighted by Gasteiger charge is -2.37. The minimum absolute atomic E-state index is 0.196. The minimum atomic E-state index is -1.05. The topological polar surface area (TPSA) is 55.9 Å². The molecule has 1 atom stereocenters. The molecule has 2 heterocycles. The van der Waals surface area contributed by atoms with Crippen molar-refractivity contribution in [1.82, 2.24) is 15.1 Å². The number of para-hydroxylation sites is 1. The Morgan fingerprint density at radius 3 is 2.26 bits per heavy atom. The Bertz CT molecular complexity index is 1120. The maximum absolute atomic E-state index is 13.3. The summed E-state index contributed by atoms with van der Waals surface area (Å²) in [4.78, 5) is 32.0. The van der Waals surface area contributed by atoms with Crippen LogP contribution in [-0.4, -0.2) is 54.6 Å². The zero-order valence-corrected chi connectivity index (χ0v) is 17.6. The number of nitrogens with one attached hydrogen (secondary N) is 1. The summed E-state index contributed by atoms with van der Waals surface area (Å²) in [6.45, 7) is 5.46. The number of carbonyl (C=O) groups is 2. The Labute approximate surface area is 182 Å². The number of anilines is 1. The van der Waals surface area contributed by atoms with Crippen LogP contribution in [0.2, 0.25) is 0 Å². The maximum Gasteiger partial charge on any atom is 0.326 e. The van der Waals surface area contributed by atoms with Gasteiger partial charge in [-0.25, -0.2) is 9.69 Å². The van der Waals surface area contributed by atoms with Gasteiger partial charge in [0.05, 0.1) is 6.67 Å². The standard InChI is InChI=1S/C25H26N4O2/c1-25(21-12-11-19-7-5-6-8-20(19)17-21)23(30)29(24(31)26-25)18-27-13-15-28(16-14-27)22-9-3-2-4-10-22/h2-12,17H,13-16,18H2,1H3,(H,26,31)/t25-/m1/s1. The number of urea groups is 1. The van der Waals surface area contributed by atoms with E-state index in [0.717, 1.165) is 42.5 Å². The van der Waals surface area contributed by atoms with E-state index >= 15 is 0 Å². The third-order valence-electron chi connectivity index (χ3n) is 6.44. The Morgan fingerprint density at radius 2 is 1.52 bits per heavy atom. The molecule has 2 fully saturated rings. The first-order valence-electron chi connectivity index (χ1n) is 10.7. The largest absolute Gasteiger partial charge is 0.369 e. The third kappa shape index (κ3) is 3.53. The number of rotatable bonds is 4. The van der Waals surface area contributed by atoms with Gasteiger partial charge < -0.3 is 10.2 Å². The van der Waals surface area contributed by atoms with E-state index in [1.165, 1.54) is 10.6 Å². The second-order valence-corrected chi connectivity index (χ2v) is 8.43. The van der Waals surface area contributed by atoms with Crippen molar-refractivity contribution in [2.75, 3.05) is 37.7 Å². The predicted octanol–water partition coefficient (Wildman–Crippen LogP) is 3.39. The van der Waals surface area contributed by atoms with E-state index in [2.05, 4.69) is 27.2 Å². The van der Waals surface area contributed by atoms with E-state index in [9.17, 15) is 9.59 Å². The van der Waals surface area contributed by atoms with Crippen LogP contribution in [0.3, 0.4) is 0 Å². The van der Waals surface area contributed by atoms with Crippen LogP contribution in [0.1, 0.15) is 12.5 Å².